The number of aliphatic hydroxyl groups excluding tert-OH is 5. The first-order valence-corrected chi connectivity index (χ1v) is 5.39. The smallest absolute Gasteiger partial charge is 0.169 e. The van der Waals surface area contributed by atoms with Crippen LogP contribution < -0.4 is 0 Å². The molecule has 0 aliphatic carbocycles. The lowest BCUT2D eigenvalue weighted by Crippen LogP contribution is -2.55. The van der Waals surface area contributed by atoms with Crippen molar-refractivity contribution < 1.29 is 35.0 Å². The first kappa shape index (κ1) is 14.8. The van der Waals surface area contributed by atoms with Crippen molar-refractivity contribution in [3.05, 3.63) is 0 Å². The third kappa shape index (κ3) is 2.76. The first-order chi connectivity index (χ1) is 8.12. The van der Waals surface area contributed by atoms with Crippen molar-refractivity contribution >= 4 is 0 Å². The van der Waals surface area contributed by atoms with Gasteiger partial charge in [0.15, 0.2) is 6.29 Å². The SMILES string of the molecule is OCC1(CO)COC(C(CO)(CO)CO)OC1. The lowest BCUT2D eigenvalue weighted by Gasteiger charge is -2.43. The summed E-state index contributed by atoms with van der Waals surface area (Å²) in [7, 11) is 0. The average Bonchev–Trinajstić information content (AvgIpc) is 2.42. The molecule has 0 bridgehead atoms. The molecule has 1 heterocycles. The zero-order chi connectivity index (χ0) is 12.9. The molecule has 1 aliphatic rings. The summed E-state index contributed by atoms with van der Waals surface area (Å²) in [5, 5.41) is 45.9. The van der Waals surface area contributed by atoms with Gasteiger partial charge in [-0.25, -0.2) is 0 Å². The van der Waals surface area contributed by atoms with Gasteiger partial charge in [0.25, 0.3) is 0 Å². The molecule has 1 aliphatic heterocycles. The number of hydrogen-bond acceptors (Lipinski definition) is 7. The van der Waals surface area contributed by atoms with Gasteiger partial charge in [0, 0.05) is 0 Å². The van der Waals surface area contributed by atoms with Gasteiger partial charge in [0.2, 0.25) is 0 Å². The molecular weight excluding hydrogens is 232 g/mol. The molecule has 0 radical (unpaired) electrons. The summed E-state index contributed by atoms with van der Waals surface area (Å²) in [6.07, 6.45) is -0.964. The van der Waals surface area contributed by atoms with Crippen LogP contribution in [0.3, 0.4) is 0 Å². The van der Waals surface area contributed by atoms with Crippen molar-refractivity contribution in [1.82, 2.24) is 0 Å². The maximum Gasteiger partial charge on any atom is 0.169 e. The van der Waals surface area contributed by atoms with Gasteiger partial charge in [-0.3, -0.25) is 0 Å². The van der Waals surface area contributed by atoms with Gasteiger partial charge < -0.3 is 35.0 Å². The van der Waals surface area contributed by atoms with Crippen molar-refractivity contribution in [2.24, 2.45) is 10.8 Å². The third-order valence-electron chi connectivity index (χ3n) is 3.20. The number of aliphatic hydroxyl groups is 5. The van der Waals surface area contributed by atoms with E-state index in [1.807, 2.05) is 0 Å². The highest BCUT2D eigenvalue weighted by molar-refractivity contribution is 4.87. The molecule has 0 amide bonds. The van der Waals surface area contributed by atoms with Gasteiger partial charge in [-0.2, -0.15) is 0 Å². The zero-order valence-corrected chi connectivity index (χ0v) is 9.58. The summed E-state index contributed by atoms with van der Waals surface area (Å²) in [6.45, 7) is -1.98. The second kappa shape index (κ2) is 6.05. The van der Waals surface area contributed by atoms with Gasteiger partial charge in [0.1, 0.15) is 0 Å². The Bertz CT molecular complexity index is 206. The Kier molecular flexibility index (Phi) is 5.26. The van der Waals surface area contributed by atoms with Crippen molar-refractivity contribution in [2.45, 2.75) is 6.29 Å². The van der Waals surface area contributed by atoms with E-state index in [0.717, 1.165) is 0 Å². The zero-order valence-electron chi connectivity index (χ0n) is 9.58. The Morgan fingerprint density at radius 2 is 1.29 bits per heavy atom. The standard InChI is InChI=1S/C10H20O7/c11-1-9(2-12)6-16-8(17-7-9)10(3-13,4-14)5-15/h8,11-15H,1-7H2. The minimum Gasteiger partial charge on any atom is -0.396 e. The van der Waals surface area contributed by atoms with Crippen molar-refractivity contribution in [3.63, 3.8) is 0 Å². The summed E-state index contributed by atoms with van der Waals surface area (Å²) in [6, 6.07) is 0. The normalized spacial score (nSPS) is 21.7. The summed E-state index contributed by atoms with van der Waals surface area (Å²) in [4.78, 5) is 0. The minimum absolute atomic E-state index is 0.0341. The number of hydrogen-bond donors (Lipinski definition) is 5. The Balaban J connectivity index is 2.67. The van der Waals surface area contributed by atoms with Gasteiger partial charge in [-0.1, -0.05) is 0 Å². The molecular formula is C10H20O7. The van der Waals surface area contributed by atoms with E-state index < -0.39 is 36.9 Å². The Morgan fingerprint density at radius 1 is 0.882 bits per heavy atom. The van der Waals surface area contributed by atoms with Crippen molar-refractivity contribution in [2.75, 3.05) is 46.2 Å². The molecule has 0 aromatic heterocycles. The van der Waals surface area contributed by atoms with E-state index >= 15 is 0 Å². The molecule has 1 fully saturated rings. The van der Waals surface area contributed by atoms with Crippen LogP contribution in [-0.2, 0) is 9.47 Å². The molecule has 5 N–H and O–H groups in total. The molecule has 7 heteroatoms. The monoisotopic (exact) mass is 252 g/mol. The van der Waals surface area contributed by atoms with E-state index in [2.05, 4.69) is 0 Å². The van der Waals surface area contributed by atoms with Gasteiger partial charge in [0.05, 0.1) is 57.1 Å². The fourth-order valence-electron chi connectivity index (χ4n) is 1.55. The predicted octanol–water partition coefficient (Wildman–Crippen LogP) is -2.71. The van der Waals surface area contributed by atoms with Gasteiger partial charge in [-0.05, 0) is 0 Å². The molecule has 0 saturated carbocycles. The fourth-order valence-corrected chi connectivity index (χ4v) is 1.55. The largest absolute Gasteiger partial charge is 0.396 e. The molecule has 0 spiro atoms. The summed E-state index contributed by atoms with van der Waals surface area (Å²) < 4.78 is 10.6. The lowest BCUT2D eigenvalue weighted by atomic mass is 9.87. The summed E-state index contributed by atoms with van der Waals surface area (Å²) >= 11 is 0. The highest BCUT2D eigenvalue weighted by Gasteiger charge is 2.46. The van der Waals surface area contributed by atoms with Crippen LogP contribution in [0, 0.1) is 10.8 Å². The predicted molar refractivity (Wildman–Crippen MR) is 56.0 cm³/mol. The maximum atomic E-state index is 9.19. The molecule has 1 saturated heterocycles. The Morgan fingerprint density at radius 3 is 1.59 bits per heavy atom. The highest BCUT2D eigenvalue weighted by atomic mass is 16.7. The van der Waals surface area contributed by atoms with Crippen LogP contribution in [0.2, 0.25) is 0 Å². The van der Waals surface area contributed by atoms with E-state index in [1.54, 1.807) is 0 Å². The highest BCUT2D eigenvalue weighted by Crippen LogP contribution is 2.32. The molecule has 0 atom stereocenters. The van der Waals surface area contributed by atoms with E-state index in [9.17, 15) is 15.3 Å². The van der Waals surface area contributed by atoms with Crippen LogP contribution in [0.25, 0.3) is 0 Å². The van der Waals surface area contributed by atoms with E-state index in [4.69, 9.17) is 19.7 Å². The van der Waals surface area contributed by atoms with E-state index in [-0.39, 0.29) is 26.4 Å². The van der Waals surface area contributed by atoms with Crippen LogP contribution in [0.4, 0.5) is 0 Å². The molecule has 0 unspecified atom stereocenters. The number of rotatable bonds is 6. The van der Waals surface area contributed by atoms with Crippen LogP contribution >= 0.6 is 0 Å². The van der Waals surface area contributed by atoms with E-state index in [1.165, 1.54) is 0 Å². The van der Waals surface area contributed by atoms with Crippen LogP contribution in [0.5, 0.6) is 0 Å². The van der Waals surface area contributed by atoms with Crippen molar-refractivity contribution in [3.8, 4) is 0 Å². The van der Waals surface area contributed by atoms with Crippen LogP contribution in [-0.4, -0.2) is 78.1 Å². The van der Waals surface area contributed by atoms with Gasteiger partial charge in [-0.15, -0.1) is 0 Å². The molecule has 102 valence electrons. The Hall–Kier alpha value is -0.280. The third-order valence-corrected chi connectivity index (χ3v) is 3.20. The topological polar surface area (TPSA) is 120 Å². The lowest BCUT2D eigenvalue weighted by molar-refractivity contribution is -0.300. The second-order valence-corrected chi connectivity index (χ2v) is 4.61. The minimum atomic E-state index is -1.28. The summed E-state index contributed by atoms with van der Waals surface area (Å²) in [5.74, 6) is 0. The molecule has 7 nitrogen and oxygen atoms in total. The van der Waals surface area contributed by atoms with Crippen molar-refractivity contribution in [1.29, 1.82) is 0 Å². The quantitative estimate of drug-likeness (QED) is 0.349. The molecule has 1 rings (SSSR count). The van der Waals surface area contributed by atoms with Gasteiger partial charge >= 0.3 is 0 Å². The fraction of sp³-hybridized carbons (Fsp3) is 1.00. The first-order valence-electron chi connectivity index (χ1n) is 5.39. The molecule has 0 aromatic rings. The van der Waals surface area contributed by atoms with Crippen LogP contribution in [0.15, 0.2) is 0 Å². The summed E-state index contributed by atoms with van der Waals surface area (Å²) in [5.41, 5.74) is -2.15. The van der Waals surface area contributed by atoms with Crippen LogP contribution in [0.1, 0.15) is 0 Å². The maximum absolute atomic E-state index is 9.19. The second-order valence-electron chi connectivity index (χ2n) is 4.61. The number of ether oxygens (including phenoxy) is 2. The van der Waals surface area contributed by atoms with E-state index in [0.29, 0.717) is 0 Å². The Labute approximate surface area is 99.2 Å². The molecule has 17 heavy (non-hydrogen) atoms. The molecule has 0 aromatic carbocycles. The average molecular weight is 252 g/mol.